The fourth-order valence-corrected chi connectivity index (χ4v) is 3.24. The van der Waals surface area contributed by atoms with Gasteiger partial charge in [0.15, 0.2) is 0 Å². The Morgan fingerprint density at radius 1 is 1.45 bits per heavy atom. The lowest BCUT2D eigenvalue weighted by atomic mass is 9.84. The summed E-state index contributed by atoms with van der Waals surface area (Å²) in [5.74, 6) is 0.692. The maximum Gasteiger partial charge on any atom is 0.339 e. The zero-order chi connectivity index (χ0) is 15.9. The second kappa shape index (κ2) is 5.52. The summed E-state index contributed by atoms with van der Waals surface area (Å²) in [5.41, 5.74) is 2.69. The van der Waals surface area contributed by atoms with Crippen molar-refractivity contribution >= 4 is 16.7 Å². The summed E-state index contributed by atoms with van der Waals surface area (Å²) in [7, 11) is 1.90. The molecule has 1 aromatic carbocycles. The quantitative estimate of drug-likeness (QED) is 0.698. The molecule has 3 rings (SSSR count). The molecule has 0 radical (unpaired) electrons. The lowest BCUT2D eigenvalue weighted by molar-refractivity contribution is 0.461. The van der Waals surface area contributed by atoms with Crippen LogP contribution in [0.15, 0.2) is 34.0 Å². The van der Waals surface area contributed by atoms with E-state index in [-0.39, 0.29) is 11.4 Å². The third-order valence-electron chi connectivity index (χ3n) is 4.46. The summed E-state index contributed by atoms with van der Waals surface area (Å²) in [6.07, 6.45) is 4.31. The summed E-state index contributed by atoms with van der Waals surface area (Å²) >= 11 is 0. The molecule has 1 N–H and O–H groups in total. The minimum Gasteiger partial charge on any atom is -0.507 e. The molecule has 4 nitrogen and oxygen atoms in total. The molecule has 1 aliphatic rings. The highest BCUT2D eigenvalue weighted by molar-refractivity contribution is 5.90. The zero-order valence-electron chi connectivity index (χ0n) is 13.1. The molecule has 2 aromatic rings. The van der Waals surface area contributed by atoms with Gasteiger partial charge in [-0.3, -0.25) is 0 Å². The molecule has 1 aromatic heterocycles. The van der Waals surface area contributed by atoms with Crippen molar-refractivity contribution < 1.29 is 9.52 Å². The maximum atomic E-state index is 12.2. The standard InChI is InChI=1S/C18H21NO3/c1-4-7-19(3)12-9-15(20)17-14-8-11(2)5-6-13(14)18(21)22-16(17)10-12/h4,9-11,20H,1,5-8H2,2-3H3. The van der Waals surface area contributed by atoms with Crippen LogP contribution in [-0.4, -0.2) is 18.7 Å². The van der Waals surface area contributed by atoms with Gasteiger partial charge in [-0.2, -0.15) is 0 Å². The summed E-state index contributed by atoms with van der Waals surface area (Å²) in [6.45, 7) is 6.54. The Hall–Kier alpha value is -2.23. The van der Waals surface area contributed by atoms with Crippen LogP contribution >= 0.6 is 0 Å². The minimum absolute atomic E-state index is 0.178. The van der Waals surface area contributed by atoms with Crippen molar-refractivity contribution in [3.05, 3.63) is 46.3 Å². The molecule has 1 aliphatic carbocycles. The van der Waals surface area contributed by atoms with Crippen LogP contribution in [0.5, 0.6) is 5.75 Å². The van der Waals surface area contributed by atoms with E-state index in [1.165, 1.54) is 0 Å². The lowest BCUT2D eigenvalue weighted by Gasteiger charge is -2.23. The van der Waals surface area contributed by atoms with Gasteiger partial charge >= 0.3 is 5.63 Å². The molecule has 0 saturated carbocycles. The number of phenolic OH excluding ortho intramolecular Hbond substituents is 1. The van der Waals surface area contributed by atoms with Gasteiger partial charge in [0.1, 0.15) is 11.3 Å². The Kier molecular flexibility index (Phi) is 3.69. The van der Waals surface area contributed by atoms with E-state index in [2.05, 4.69) is 13.5 Å². The Bertz CT molecular complexity index is 791. The average molecular weight is 299 g/mol. The minimum atomic E-state index is -0.266. The van der Waals surface area contributed by atoms with Gasteiger partial charge in [0, 0.05) is 37.0 Å². The first kappa shape index (κ1) is 14.7. The molecule has 1 unspecified atom stereocenters. The SMILES string of the molecule is C=CCN(C)c1cc(O)c2c3c(c(=O)oc2c1)CCC(C)C3. The van der Waals surface area contributed by atoms with E-state index in [9.17, 15) is 9.90 Å². The molecule has 0 saturated heterocycles. The second-order valence-electron chi connectivity index (χ2n) is 6.20. The van der Waals surface area contributed by atoms with Crippen LogP contribution in [-0.2, 0) is 12.8 Å². The molecule has 0 spiro atoms. The van der Waals surface area contributed by atoms with E-state index in [4.69, 9.17) is 4.42 Å². The van der Waals surface area contributed by atoms with Crippen molar-refractivity contribution in [3.8, 4) is 5.75 Å². The van der Waals surface area contributed by atoms with Crippen LogP contribution in [0.1, 0.15) is 24.5 Å². The molecular formula is C18H21NO3. The normalized spacial score (nSPS) is 17.3. The summed E-state index contributed by atoms with van der Waals surface area (Å²) in [6, 6.07) is 3.55. The number of benzene rings is 1. The molecular weight excluding hydrogens is 278 g/mol. The molecule has 1 heterocycles. The van der Waals surface area contributed by atoms with Crippen molar-refractivity contribution in [2.75, 3.05) is 18.5 Å². The first-order valence-electron chi connectivity index (χ1n) is 7.65. The van der Waals surface area contributed by atoms with Gasteiger partial charge in [-0.1, -0.05) is 13.0 Å². The van der Waals surface area contributed by atoms with Crippen molar-refractivity contribution in [1.82, 2.24) is 0 Å². The number of hydrogen-bond acceptors (Lipinski definition) is 4. The highest BCUT2D eigenvalue weighted by Gasteiger charge is 2.24. The van der Waals surface area contributed by atoms with Crippen LogP contribution in [0.25, 0.3) is 11.0 Å². The van der Waals surface area contributed by atoms with Crippen molar-refractivity contribution in [1.29, 1.82) is 0 Å². The predicted octanol–water partition coefficient (Wildman–Crippen LogP) is 3.25. The Labute approximate surface area is 129 Å². The van der Waals surface area contributed by atoms with E-state index in [0.29, 0.717) is 23.4 Å². The number of phenols is 1. The summed E-state index contributed by atoms with van der Waals surface area (Å²) < 4.78 is 5.48. The van der Waals surface area contributed by atoms with E-state index in [1.54, 1.807) is 12.1 Å². The fourth-order valence-electron chi connectivity index (χ4n) is 3.24. The van der Waals surface area contributed by atoms with E-state index in [1.807, 2.05) is 18.0 Å². The highest BCUT2D eigenvalue weighted by Crippen LogP contribution is 2.37. The number of nitrogens with zero attached hydrogens (tertiary/aromatic N) is 1. The molecule has 0 fully saturated rings. The van der Waals surface area contributed by atoms with Crippen molar-refractivity contribution in [2.45, 2.75) is 26.2 Å². The summed E-state index contributed by atoms with van der Waals surface area (Å²) in [5, 5.41) is 11.2. The number of likely N-dealkylation sites (N-methyl/N-ethyl adjacent to an activating group) is 1. The van der Waals surface area contributed by atoms with E-state index in [0.717, 1.165) is 36.1 Å². The fraction of sp³-hybridized carbons (Fsp3) is 0.389. The van der Waals surface area contributed by atoms with Crippen LogP contribution in [0, 0.1) is 5.92 Å². The van der Waals surface area contributed by atoms with Gasteiger partial charge in [-0.15, -0.1) is 6.58 Å². The van der Waals surface area contributed by atoms with Crippen LogP contribution in [0.2, 0.25) is 0 Å². The number of hydrogen-bond donors (Lipinski definition) is 1. The lowest BCUT2D eigenvalue weighted by Crippen LogP contribution is -2.20. The third kappa shape index (κ3) is 2.39. The van der Waals surface area contributed by atoms with Gasteiger partial charge in [-0.25, -0.2) is 4.79 Å². The van der Waals surface area contributed by atoms with Gasteiger partial charge in [0.05, 0.1) is 5.39 Å². The largest absolute Gasteiger partial charge is 0.507 e. The predicted molar refractivity (Wildman–Crippen MR) is 88.8 cm³/mol. The molecule has 116 valence electrons. The topological polar surface area (TPSA) is 53.7 Å². The molecule has 22 heavy (non-hydrogen) atoms. The Balaban J connectivity index is 2.24. The monoisotopic (exact) mass is 299 g/mol. The summed E-state index contributed by atoms with van der Waals surface area (Å²) in [4.78, 5) is 14.2. The molecule has 0 amide bonds. The van der Waals surface area contributed by atoms with Crippen LogP contribution in [0.3, 0.4) is 0 Å². The zero-order valence-corrected chi connectivity index (χ0v) is 13.1. The van der Waals surface area contributed by atoms with Gasteiger partial charge < -0.3 is 14.4 Å². The van der Waals surface area contributed by atoms with Gasteiger partial charge in [0.2, 0.25) is 0 Å². The number of anilines is 1. The van der Waals surface area contributed by atoms with E-state index < -0.39 is 0 Å². The Morgan fingerprint density at radius 3 is 2.95 bits per heavy atom. The average Bonchev–Trinajstić information content (AvgIpc) is 2.46. The number of fused-ring (bicyclic) bond motifs is 3. The first-order chi connectivity index (χ1) is 10.5. The van der Waals surface area contributed by atoms with Crippen LogP contribution < -0.4 is 10.5 Å². The van der Waals surface area contributed by atoms with Gasteiger partial charge in [-0.05, 0) is 30.7 Å². The first-order valence-corrected chi connectivity index (χ1v) is 7.65. The van der Waals surface area contributed by atoms with Crippen molar-refractivity contribution in [3.63, 3.8) is 0 Å². The molecule has 4 heteroatoms. The van der Waals surface area contributed by atoms with Gasteiger partial charge in [0.25, 0.3) is 0 Å². The smallest absolute Gasteiger partial charge is 0.339 e. The number of aromatic hydroxyl groups is 1. The van der Waals surface area contributed by atoms with Crippen LogP contribution in [0.4, 0.5) is 5.69 Å². The second-order valence-corrected chi connectivity index (χ2v) is 6.20. The molecule has 0 aliphatic heterocycles. The highest BCUT2D eigenvalue weighted by atomic mass is 16.4. The molecule has 1 atom stereocenters. The maximum absolute atomic E-state index is 12.2. The third-order valence-corrected chi connectivity index (χ3v) is 4.46. The van der Waals surface area contributed by atoms with E-state index >= 15 is 0 Å². The molecule has 0 bridgehead atoms. The van der Waals surface area contributed by atoms with Crippen molar-refractivity contribution in [2.24, 2.45) is 5.92 Å². The Morgan fingerprint density at radius 2 is 2.23 bits per heavy atom. The number of rotatable bonds is 3.